The molecule has 0 nitrogen and oxygen atoms in total. The zero-order valence-corrected chi connectivity index (χ0v) is 17.7. The first-order chi connectivity index (χ1) is 12.1. The van der Waals surface area contributed by atoms with Crippen molar-refractivity contribution in [1.82, 2.24) is 0 Å². The van der Waals surface area contributed by atoms with Crippen molar-refractivity contribution in [2.75, 3.05) is 0 Å². The van der Waals surface area contributed by atoms with Crippen LogP contribution >= 0.6 is 0 Å². The van der Waals surface area contributed by atoms with Crippen molar-refractivity contribution >= 4 is 10.9 Å². The van der Waals surface area contributed by atoms with E-state index in [1.54, 1.807) is 0 Å². The molecule has 2 aromatic carbocycles. The fourth-order valence-electron chi connectivity index (χ4n) is 3.00. The van der Waals surface area contributed by atoms with Crippen molar-refractivity contribution in [3.8, 4) is 0 Å². The number of allylic oxidation sites excluding steroid dienone is 3. The van der Waals surface area contributed by atoms with Gasteiger partial charge in [-0.25, -0.2) is 0 Å². The van der Waals surface area contributed by atoms with Crippen molar-refractivity contribution < 1.29 is 0 Å². The fraction of sp³-hybridized carbons (Fsp3) is 0.333. The van der Waals surface area contributed by atoms with Gasteiger partial charge in [-0.3, -0.25) is 0 Å². The quantitative estimate of drug-likeness (QED) is 0.384. The highest BCUT2D eigenvalue weighted by atomic mass is 32.2. The molecule has 134 valence electrons. The van der Waals surface area contributed by atoms with Gasteiger partial charge >= 0.3 is 0 Å². The molecule has 2 aromatic rings. The minimum atomic E-state index is -0.0459. The van der Waals surface area contributed by atoms with Gasteiger partial charge < -0.3 is 0 Å². The van der Waals surface area contributed by atoms with Crippen LogP contribution in [-0.2, 0) is 10.9 Å². The fourth-order valence-corrected chi connectivity index (χ4v) is 5.54. The van der Waals surface area contributed by atoms with E-state index in [4.69, 9.17) is 0 Å². The van der Waals surface area contributed by atoms with E-state index in [2.05, 4.69) is 95.3 Å². The zero-order valence-electron chi connectivity index (χ0n) is 16.9. The summed E-state index contributed by atoms with van der Waals surface area (Å²) in [6, 6.07) is 15.5. The van der Waals surface area contributed by atoms with Crippen LogP contribution in [0.4, 0.5) is 0 Å². The van der Waals surface area contributed by atoms with E-state index in [9.17, 15) is 0 Å². The van der Waals surface area contributed by atoms with E-state index in [1.165, 1.54) is 31.4 Å². The summed E-state index contributed by atoms with van der Waals surface area (Å²) in [7, 11) is -0.0459. The Labute approximate surface area is 158 Å². The van der Waals surface area contributed by atoms with Crippen LogP contribution < -0.4 is 0 Å². The molecule has 0 amide bonds. The van der Waals surface area contributed by atoms with Gasteiger partial charge in [0.15, 0.2) is 14.7 Å². The van der Waals surface area contributed by atoms with E-state index in [1.807, 2.05) is 13.8 Å². The van der Waals surface area contributed by atoms with Gasteiger partial charge in [0.1, 0.15) is 0 Å². The lowest BCUT2D eigenvalue weighted by Crippen LogP contribution is -2.10. The molecule has 0 spiro atoms. The standard InChI is InChI=1S/C22H27S.C2H6/c1-6-11-20(12-7-2)23(21-13-9-8-10-14-21)22-18(4)15-17(3)16-19(22)5;1-2/h6,8-16H,7H2,1-5H3;1-2H3/q+1;/b11-6-,20-12+;. The minimum absolute atomic E-state index is 0.0459. The molecule has 0 radical (unpaired) electrons. The van der Waals surface area contributed by atoms with E-state index in [0.717, 1.165) is 6.42 Å². The summed E-state index contributed by atoms with van der Waals surface area (Å²) >= 11 is 0. The monoisotopic (exact) mass is 353 g/mol. The highest BCUT2D eigenvalue weighted by Gasteiger charge is 2.32. The summed E-state index contributed by atoms with van der Waals surface area (Å²) in [5.74, 6) is 0. The van der Waals surface area contributed by atoms with Crippen molar-refractivity contribution in [3.63, 3.8) is 0 Å². The number of rotatable bonds is 5. The van der Waals surface area contributed by atoms with E-state index in [-0.39, 0.29) is 10.9 Å². The second-order valence-electron chi connectivity index (χ2n) is 5.86. The first-order valence-corrected chi connectivity index (χ1v) is 10.5. The summed E-state index contributed by atoms with van der Waals surface area (Å²) in [5.41, 5.74) is 4.12. The summed E-state index contributed by atoms with van der Waals surface area (Å²) < 4.78 is 0. The van der Waals surface area contributed by atoms with Crippen LogP contribution in [0.2, 0.25) is 0 Å². The Kier molecular flexibility index (Phi) is 9.37. The van der Waals surface area contributed by atoms with Gasteiger partial charge in [0.25, 0.3) is 0 Å². The van der Waals surface area contributed by atoms with E-state index >= 15 is 0 Å². The van der Waals surface area contributed by atoms with Crippen molar-refractivity contribution in [3.05, 3.63) is 82.3 Å². The third-order valence-electron chi connectivity index (χ3n) is 3.76. The largest absolute Gasteiger partial charge is 0.172 e. The van der Waals surface area contributed by atoms with Gasteiger partial charge in [-0.05, 0) is 58.4 Å². The van der Waals surface area contributed by atoms with Crippen LogP contribution in [0.5, 0.6) is 0 Å². The van der Waals surface area contributed by atoms with Gasteiger partial charge in [-0.2, -0.15) is 0 Å². The topological polar surface area (TPSA) is 0 Å². The predicted octanol–water partition coefficient (Wildman–Crippen LogP) is 7.54. The number of hydrogen-bond donors (Lipinski definition) is 0. The van der Waals surface area contributed by atoms with Crippen molar-refractivity contribution in [2.24, 2.45) is 0 Å². The van der Waals surface area contributed by atoms with Crippen LogP contribution in [0, 0.1) is 20.8 Å². The average molecular weight is 354 g/mol. The molecule has 25 heavy (non-hydrogen) atoms. The number of benzene rings is 2. The second-order valence-corrected chi connectivity index (χ2v) is 7.83. The van der Waals surface area contributed by atoms with Gasteiger partial charge in [0.2, 0.25) is 0 Å². The Hall–Kier alpha value is -1.73. The molecule has 0 bridgehead atoms. The Morgan fingerprint density at radius 1 is 0.960 bits per heavy atom. The number of aryl methyl sites for hydroxylation is 3. The molecule has 1 unspecified atom stereocenters. The molecule has 0 fully saturated rings. The molecular weight excluding hydrogens is 320 g/mol. The maximum absolute atomic E-state index is 2.37. The van der Waals surface area contributed by atoms with Crippen molar-refractivity contribution in [1.29, 1.82) is 0 Å². The van der Waals surface area contributed by atoms with Gasteiger partial charge in [0, 0.05) is 11.1 Å². The lowest BCUT2D eigenvalue weighted by molar-refractivity contribution is 1.17. The lowest BCUT2D eigenvalue weighted by Gasteiger charge is -2.14. The van der Waals surface area contributed by atoms with Gasteiger partial charge in [-0.1, -0.05) is 62.7 Å². The first-order valence-electron chi connectivity index (χ1n) is 9.28. The summed E-state index contributed by atoms with van der Waals surface area (Å²) in [4.78, 5) is 4.27. The first kappa shape index (κ1) is 21.3. The smallest absolute Gasteiger partial charge is 0.0827 e. The third kappa shape index (κ3) is 5.64. The number of hydrogen-bond acceptors (Lipinski definition) is 0. The highest BCUT2D eigenvalue weighted by Crippen LogP contribution is 2.35. The normalized spacial score (nSPS) is 12.7. The summed E-state index contributed by atoms with van der Waals surface area (Å²) in [5, 5.41) is 0. The van der Waals surface area contributed by atoms with Gasteiger partial charge in [0.05, 0.1) is 10.9 Å². The summed E-state index contributed by atoms with van der Waals surface area (Å²) in [6.45, 7) is 15.0. The van der Waals surface area contributed by atoms with Crippen LogP contribution in [0.15, 0.2) is 75.4 Å². The molecule has 0 aliphatic carbocycles. The Morgan fingerprint density at radius 2 is 1.52 bits per heavy atom. The predicted molar refractivity (Wildman–Crippen MR) is 116 cm³/mol. The molecule has 0 N–H and O–H groups in total. The summed E-state index contributed by atoms with van der Waals surface area (Å²) in [6.07, 6.45) is 7.86. The average Bonchev–Trinajstić information content (AvgIpc) is 2.60. The SMILES string of the molecule is C/C=C\C(=C/CC)[S+](c1ccccc1)c1c(C)cc(C)cc1C.CC. The molecule has 0 aliphatic heterocycles. The zero-order chi connectivity index (χ0) is 18.8. The van der Waals surface area contributed by atoms with E-state index in [0.29, 0.717) is 0 Å². The maximum atomic E-state index is 2.37. The van der Waals surface area contributed by atoms with Crippen molar-refractivity contribution in [2.45, 2.75) is 64.7 Å². The maximum Gasteiger partial charge on any atom is 0.172 e. The molecule has 0 heterocycles. The van der Waals surface area contributed by atoms with Gasteiger partial charge in [-0.15, -0.1) is 0 Å². The third-order valence-corrected chi connectivity index (χ3v) is 6.33. The second kappa shape index (κ2) is 11.0. The van der Waals surface area contributed by atoms with Crippen LogP contribution in [0.1, 0.15) is 50.8 Å². The molecule has 2 rings (SSSR count). The van der Waals surface area contributed by atoms with Crippen LogP contribution in [-0.4, -0.2) is 0 Å². The van der Waals surface area contributed by atoms with E-state index < -0.39 is 0 Å². The molecular formula is C24H33S+. The Bertz CT molecular complexity index is 685. The minimum Gasteiger partial charge on any atom is -0.0827 e. The Morgan fingerprint density at radius 3 is 2.00 bits per heavy atom. The highest BCUT2D eigenvalue weighted by molar-refractivity contribution is 8.01. The molecule has 0 aromatic heterocycles. The lowest BCUT2D eigenvalue weighted by atomic mass is 10.1. The molecule has 0 aliphatic rings. The Balaban J connectivity index is 0.00000151. The molecule has 0 saturated carbocycles. The van der Waals surface area contributed by atoms with Crippen LogP contribution in [0.3, 0.4) is 0 Å². The molecule has 0 saturated heterocycles. The van der Waals surface area contributed by atoms with Crippen LogP contribution in [0.25, 0.3) is 0 Å². The molecule has 1 atom stereocenters. The molecule has 1 heteroatoms.